The van der Waals surface area contributed by atoms with Crippen LogP contribution in [-0.4, -0.2) is 23.3 Å². The van der Waals surface area contributed by atoms with E-state index in [1.54, 1.807) is 6.92 Å². The van der Waals surface area contributed by atoms with Crippen molar-refractivity contribution in [3.63, 3.8) is 0 Å². The van der Waals surface area contributed by atoms with Gasteiger partial charge in [0.2, 0.25) is 0 Å². The minimum absolute atomic E-state index is 0.177. The second-order valence-corrected chi connectivity index (χ2v) is 2.53. The van der Waals surface area contributed by atoms with Crippen LogP contribution in [-0.2, 0) is 9.59 Å². The summed E-state index contributed by atoms with van der Waals surface area (Å²) in [6.45, 7) is 11.9. The highest BCUT2D eigenvalue weighted by Gasteiger charge is 2.17. The molecule has 0 atom stereocenters. The molecule has 2 amide bonds. The first kappa shape index (κ1) is 11.4. The molecule has 0 heterocycles. The Balaban J connectivity index is 4.68. The topological polar surface area (TPSA) is 37.4 Å². The first-order chi connectivity index (χ1) is 6.04. The lowest BCUT2D eigenvalue weighted by Gasteiger charge is -2.16. The van der Waals surface area contributed by atoms with Gasteiger partial charge in [-0.05, 0) is 13.0 Å². The van der Waals surface area contributed by atoms with Gasteiger partial charge in [-0.15, -0.1) is 6.58 Å². The van der Waals surface area contributed by atoms with Crippen molar-refractivity contribution in [3.05, 3.63) is 37.5 Å². The number of hydrogen-bond donors (Lipinski definition) is 0. The van der Waals surface area contributed by atoms with Crippen LogP contribution in [0.25, 0.3) is 0 Å². The fourth-order valence-electron chi connectivity index (χ4n) is 0.743. The number of nitrogens with zero attached hydrogens (tertiary/aromatic N) is 1. The molecule has 0 aromatic heterocycles. The van der Waals surface area contributed by atoms with Crippen molar-refractivity contribution in [1.82, 2.24) is 4.90 Å². The van der Waals surface area contributed by atoms with Crippen LogP contribution in [0.5, 0.6) is 0 Å². The summed E-state index contributed by atoms with van der Waals surface area (Å²) in [5, 5.41) is 0. The summed E-state index contributed by atoms with van der Waals surface area (Å²) >= 11 is 0. The monoisotopic (exact) mass is 179 g/mol. The number of imide groups is 1. The molecule has 13 heavy (non-hydrogen) atoms. The van der Waals surface area contributed by atoms with Crippen molar-refractivity contribution in [1.29, 1.82) is 0 Å². The van der Waals surface area contributed by atoms with Gasteiger partial charge in [0.25, 0.3) is 11.8 Å². The predicted molar refractivity (Wildman–Crippen MR) is 51.9 cm³/mol. The summed E-state index contributed by atoms with van der Waals surface area (Å²) in [4.78, 5) is 23.5. The standard InChI is InChI=1S/C10H13NO2/c1-5-7-11(9(12)6-2)10(13)8(3)4/h5-6H,1-3,7H2,4H3. The minimum atomic E-state index is -0.437. The molecule has 3 nitrogen and oxygen atoms in total. The third-order valence-corrected chi connectivity index (χ3v) is 1.36. The molecule has 0 aliphatic carbocycles. The van der Waals surface area contributed by atoms with Crippen LogP contribution in [0.1, 0.15) is 6.92 Å². The molecule has 0 aliphatic rings. The normalized spacial score (nSPS) is 8.69. The molecule has 0 saturated heterocycles. The second kappa shape index (κ2) is 5.09. The molecule has 0 aromatic carbocycles. The Kier molecular flexibility index (Phi) is 4.44. The number of hydrogen-bond acceptors (Lipinski definition) is 2. The molecule has 0 fully saturated rings. The van der Waals surface area contributed by atoms with Gasteiger partial charge in [-0.2, -0.15) is 0 Å². The van der Waals surface area contributed by atoms with E-state index in [9.17, 15) is 9.59 Å². The molecule has 0 unspecified atom stereocenters. The molecule has 0 saturated carbocycles. The van der Waals surface area contributed by atoms with Gasteiger partial charge in [0.05, 0.1) is 0 Å². The maximum atomic E-state index is 11.3. The lowest BCUT2D eigenvalue weighted by molar-refractivity contribution is -0.138. The fraction of sp³-hybridized carbons (Fsp3) is 0.200. The van der Waals surface area contributed by atoms with E-state index in [1.807, 2.05) is 0 Å². The Morgan fingerprint density at radius 1 is 1.38 bits per heavy atom. The molecule has 0 bridgehead atoms. The number of rotatable bonds is 4. The first-order valence-corrected chi connectivity index (χ1v) is 3.79. The van der Waals surface area contributed by atoms with Crippen molar-refractivity contribution in [2.75, 3.05) is 6.54 Å². The fourth-order valence-corrected chi connectivity index (χ4v) is 0.743. The average Bonchev–Trinajstić information content (AvgIpc) is 2.11. The molecule has 0 N–H and O–H groups in total. The SMILES string of the molecule is C=CCN(C(=O)C=C)C(=O)C(=C)C. The highest BCUT2D eigenvalue weighted by atomic mass is 16.2. The zero-order valence-electron chi connectivity index (χ0n) is 7.75. The van der Waals surface area contributed by atoms with Gasteiger partial charge in [0, 0.05) is 12.1 Å². The van der Waals surface area contributed by atoms with Gasteiger partial charge in [-0.1, -0.05) is 19.2 Å². The van der Waals surface area contributed by atoms with Crippen LogP contribution in [0, 0.1) is 0 Å². The summed E-state index contributed by atoms with van der Waals surface area (Å²) in [6.07, 6.45) is 2.56. The molecule has 0 aliphatic heterocycles. The van der Waals surface area contributed by atoms with Crippen LogP contribution >= 0.6 is 0 Å². The molecule has 3 heteroatoms. The lowest BCUT2D eigenvalue weighted by atomic mass is 10.3. The second-order valence-electron chi connectivity index (χ2n) is 2.53. The van der Waals surface area contributed by atoms with E-state index < -0.39 is 11.8 Å². The largest absolute Gasteiger partial charge is 0.271 e. The zero-order chi connectivity index (χ0) is 10.4. The van der Waals surface area contributed by atoms with E-state index >= 15 is 0 Å². The number of carbonyl (C=O) groups excluding carboxylic acids is 2. The summed E-state index contributed by atoms with van der Waals surface area (Å²) in [5.41, 5.74) is 0.317. The van der Waals surface area contributed by atoms with E-state index in [1.165, 1.54) is 6.08 Å². The summed E-state index contributed by atoms with van der Waals surface area (Å²) in [7, 11) is 0. The maximum Gasteiger partial charge on any atom is 0.256 e. The third kappa shape index (κ3) is 3.07. The van der Waals surface area contributed by atoms with Gasteiger partial charge < -0.3 is 0 Å². The predicted octanol–water partition coefficient (Wildman–Crippen LogP) is 1.29. The summed E-state index contributed by atoms with van der Waals surface area (Å²) < 4.78 is 0. The first-order valence-electron chi connectivity index (χ1n) is 3.79. The van der Waals surface area contributed by atoms with Crippen LogP contribution in [0.4, 0.5) is 0 Å². The average molecular weight is 179 g/mol. The van der Waals surface area contributed by atoms with Gasteiger partial charge in [0.1, 0.15) is 0 Å². The molecule has 0 rings (SSSR count). The van der Waals surface area contributed by atoms with Gasteiger partial charge in [0.15, 0.2) is 0 Å². The molecule has 0 spiro atoms. The molecule has 70 valence electrons. The Hall–Kier alpha value is -1.64. The van der Waals surface area contributed by atoms with Crippen molar-refractivity contribution in [2.24, 2.45) is 0 Å². The lowest BCUT2D eigenvalue weighted by Crippen LogP contribution is -2.36. The van der Waals surface area contributed by atoms with Gasteiger partial charge in [-0.3, -0.25) is 14.5 Å². The van der Waals surface area contributed by atoms with Crippen LogP contribution < -0.4 is 0 Å². The van der Waals surface area contributed by atoms with E-state index in [-0.39, 0.29) is 6.54 Å². The maximum absolute atomic E-state index is 11.3. The van der Waals surface area contributed by atoms with Crippen LogP contribution in [0.3, 0.4) is 0 Å². The smallest absolute Gasteiger partial charge is 0.256 e. The van der Waals surface area contributed by atoms with E-state index in [4.69, 9.17) is 0 Å². The van der Waals surface area contributed by atoms with Crippen molar-refractivity contribution in [3.8, 4) is 0 Å². The third-order valence-electron chi connectivity index (χ3n) is 1.36. The highest BCUT2D eigenvalue weighted by Crippen LogP contribution is 2.00. The zero-order valence-corrected chi connectivity index (χ0v) is 7.75. The van der Waals surface area contributed by atoms with E-state index in [0.717, 1.165) is 11.0 Å². The summed E-state index contributed by atoms with van der Waals surface area (Å²) in [5.74, 6) is -0.835. The van der Waals surface area contributed by atoms with E-state index in [0.29, 0.717) is 5.57 Å². The highest BCUT2D eigenvalue weighted by molar-refractivity contribution is 6.07. The summed E-state index contributed by atoms with van der Waals surface area (Å²) in [6, 6.07) is 0. The van der Waals surface area contributed by atoms with Crippen LogP contribution in [0.2, 0.25) is 0 Å². The quantitative estimate of drug-likeness (QED) is 0.481. The molecule has 0 radical (unpaired) electrons. The van der Waals surface area contributed by atoms with Crippen molar-refractivity contribution < 1.29 is 9.59 Å². The minimum Gasteiger partial charge on any atom is -0.271 e. The molecular formula is C10H13NO2. The Morgan fingerprint density at radius 2 is 1.92 bits per heavy atom. The van der Waals surface area contributed by atoms with E-state index in [2.05, 4.69) is 19.7 Å². The van der Waals surface area contributed by atoms with Gasteiger partial charge in [-0.25, -0.2) is 0 Å². The number of carbonyl (C=O) groups is 2. The Bertz CT molecular complexity index is 266. The Morgan fingerprint density at radius 3 is 2.23 bits per heavy atom. The molecular weight excluding hydrogens is 166 g/mol. The van der Waals surface area contributed by atoms with Crippen LogP contribution in [0.15, 0.2) is 37.5 Å². The molecule has 0 aromatic rings. The Labute approximate surface area is 78.0 Å². The van der Waals surface area contributed by atoms with Crippen molar-refractivity contribution >= 4 is 11.8 Å². The van der Waals surface area contributed by atoms with Crippen molar-refractivity contribution in [2.45, 2.75) is 6.92 Å². The van der Waals surface area contributed by atoms with Gasteiger partial charge >= 0.3 is 0 Å². The number of amides is 2.